The van der Waals surface area contributed by atoms with Crippen LogP contribution in [-0.2, 0) is 13.5 Å². The van der Waals surface area contributed by atoms with Gasteiger partial charge in [0, 0.05) is 0 Å². The summed E-state index contributed by atoms with van der Waals surface area (Å²) in [6.45, 7) is 3.99. The van der Waals surface area contributed by atoms with Gasteiger partial charge in [-0.15, -0.1) is 9.24 Å². The maximum Gasteiger partial charge on any atom is -0.0264 e. The van der Waals surface area contributed by atoms with Crippen molar-refractivity contribution in [3.05, 3.63) is 29.8 Å². The third kappa shape index (κ3) is 9.30. The number of benzene rings is 1. The second-order valence-electron chi connectivity index (χ2n) is 5.41. The minimum absolute atomic E-state index is 0.163. The van der Waals surface area contributed by atoms with E-state index in [1.54, 1.807) is 0 Å². The first-order valence-electron chi connectivity index (χ1n) is 7.33. The third-order valence-electron chi connectivity index (χ3n) is 3.12. The molecule has 0 spiro atoms. The number of rotatable bonds is 3. The van der Waals surface area contributed by atoms with E-state index in [4.69, 9.17) is 24.1 Å². The summed E-state index contributed by atoms with van der Waals surface area (Å²) in [4.78, 5) is 0. The molecule has 1 aliphatic carbocycles. The smallest absolute Gasteiger partial charge is 0.0264 e. The molecule has 1 aliphatic rings. The van der Waals surface area contributed by atoms with Crippen molar-refractivity contribution in [2.75, 3.05) is 0 Å². The van der Waals surface area contributed by atoms with E-state index < -0.39 is 13.5 Å². The molecule has 21 heavy (non-hydrogen) atoms. The van der Waals surface area contributed by atoms with Gasteiger partial charge in [-0.05, 0) is 18.5 Å². The Morgan fingerprint density at radius 2 is 1.81 bits per heavy atom. The normalized spacial score (nSPS) is 16.0. The molecule has 1 atom stereocenters. The minimum Gasteiger partial charge on any atom is -0.134 e. The van der Waals surface area contributed by atoms with E-state index in [0.29, 0.717) is 0 Å². The van der Waals surface area contributed by atoms with Crippen molar-refractivity contribution in [3.63, 3.8) is 0 Å². The molecule has 0 amide bonds. The van der Waals surface area contributed by atoms with Gasteiger partial charge in [0.1, 0.15) is 0 Å². The maximum atomic E-state index is 5.82. The van der Waals surface area contributed by atoms with Crippen molar-refractivity contribution < 1.29 is 18.3 Å². The van der Waals surface area contributed by atoms with E-state index in [2.05, 4.69) is 9.24 Å². The predicted octanol–water partition coefficient (Wildman–Crippen LogP) is 5.74. The van der Waals surface area contributed by atoms with Crippen LogP contribution in [0.15, 0.2) is 24.3 Å². The first-order chi connectivity index (χ1) is 9.99. The molecule has 122 valence electrons. The van der Waals surface area contributed by atoms with E-state index in [-0.39, 0.29) is 6.10 Å². The van der Waals surface area contributed by atoms with Gasteiger partial charge in [-0.1, -0.05) is 19.3 Å². The Bertz CT molecular complexity index is 442. The fourth-order valence-corrected chi connectivity index (χ4v) is 4.42. The second-order valence-corrected chi connectivity index (χ2v) is 12.1. The average Bonchev–Trinajstić information content (AvgIpc) is 2.41. The average molecular weight is 436 g/mol. The molecule has 1 aromatic carbocycles. The molecular formula is C16H25Cl2OPRu. The quantitative estimate of drug-likeness (QED) is 0.434. The van der Waals surface area contributed by atoms with Gasteiger partial charge < -0.3 is 0 Å². The first-order valence-corrected chi connectivity index (χ1v) is 13.5. The summed E-state index contributed by atoms with van der Waals surface area (Å²) in [5.74, 6) is 0.850. The summed E-state index contributed by atoms with van der Waals surface area (Å²) < 4.78 is 7.51. The van der Waals surface area contributed by atoms with Crippen LogP contribution >= 0.6 is 28.6 Å². The van der Waals surface area contributed by atoms with Crippen LogP contribution in [0.4, 0.5) is 0 Å². The number of hydrogen-bond acceptors (Lipinski definition) is 1. The van der Waals surface area contributed by atoms with Crippen LogP contribution in [0, 0.1) is 0 Å². The van der Waals surface area contributed by atoms with Crippen LogP contribution in [0.25, 0.3) is 0 Å². The van der Waals surface area contributed by atoms with Gasteiger partial charge in [0.2, 0.25) is 0 Å². The van der Waals surface area contributed by atoms with Gasteiger partial charge in [0.15, 0.2) is 0 Å². The van der Waals surface area contributed by atoms with Gasteiger partial charge in [-0.2, -0.15) is 0 Å². The number of para-hydroxylation sites is 1. The van der Waals surface area contributed by atoms with E-state index in [1.165, 1.54) is 32.1 Å². The Morgan fingerprint density at radius 1 is 1.19 bits per heavy atom. The molecule has 0 heterocycles. The molecule has 1 saturated carbocycles. The minimum atomic E-state index is -1.77. The van der Waals surface area contributed by atoms with E-state index >= 15 is 0 Å². The van der Waals surface area contributed by atoms with Crippen molar-refractivity contribution in [2.24, 2.45) is 0 Å². The fourth-order valence-electron chi connectivity index (χ4n) is 2.14. The first kappa shape index (κ1) is 19.6. The van der Waals surface area contributed by atoms with Crippen molar-refractivity contribution in [1.82, 2.24) is 0 Å². The summed E-state index contributed by atoms with van der Waals surface area (Å²) in [7, 11) is 14.5. The predicted molar refractivity (Wildman–Crippen MR) is 95.7 cm³/mol. The molecule has 0 radical (unpaired) electrons. The monoisotopic (exact) mass is 436 g/mol. The van der Waals surface area contributed by atoms with Gasteiger partial charge in [-0.3, -0.25) is 0 Å². The Morgan fingerprint density at radius 3 is 2.29 bits per heavy atom. The maximum absolute atomic E-state index is 5.82. The van der Waals surface area contributed by atoms with Gasteiger partial charge in [0.05, 0.1) is 0 Å². The van der Waals surface area contributed by atoms with E-state index in [1.807, 2.05) is 42.7 Å². The summed E-state index contributed by atoms with van der Waals surface area (Å²) in [5.41, 5.74) is 1.94. The van der Waals surface area contributed by atoms with Gasteiger partial charge in [0.25, 0.3) is 0 Å². The SMILES string of the molecule is CC(C)Oc1ccccc1[CH]=[Ru]([Cl])[Cl].PC1CCCCC1. The van der Waals surface area contributed by atoms with Crippen LogP contribution in [0.3, 0.4) is 0 Å². The molecule has 0 aromatic heterocycles. The molecule has 0 N–H and O–H groups in total. The standard InChI is InChI=1S/C10H12O.C6H13P.2ClH.Ru/c1-8(2)11-10-7-5-4-6-9(10)3;7-6-4-2-1-3-5-6;;;/h3-8H,1-2H3;6H,1-5,7H2;2*1H;/q;;;;+2/p-2. The zero-order chi connectivity index (χ0) is 15.7. The molecule has 0 aliphatic heterocycles. The number of halogens is 2. The fraction of sp³-hybridized carbons (Fsp3) is 0.562. The Hall–Kier alpha value is 0.523. The second kappa shape index (κ2) is 11.1. The van der Waals surface area contributed by atoms with E-state index in [0.717, 1.165) is 17.0 Å². The van der Waals surface area contributed by atoms with Gasteiger partial charge >= 0.3 is 97.8 Å². The summed E-state index contributed by atoms with van der Waals surface area (Å²) in [6, 6.07) is 7.78. The molecule has 1 fully saturated rings. The Balaban J connectivity index is 0.000000262. The molecule has 2 rings (SSSR count). The topological polar surface area (TPSA) is 9.23 Å². The van der Waals surface area contributed by atoms with Crippen LogP contribution in [0.1, 0.15) is 51.5 Å². The molecule has 5 heteroatoms. The van der Waals surface area contributed by atoms with Crippen molar-refractivity contribution in [2.45, 2.75) is 57.7 Å². The number of ether oxygens (including phenoxy) is 1. The molecule has 0 saturated heterocycles. The van der Waals surface area contributed by atoms with Crippen molar-refractivity contribution >= 4 is 33.2 Å². The zero-order valence-corrected chi connectivity index (χ0v) is 17.1. The van der Waals surface area contributed by atoms with Crippen molar-refractivity contribution in [1.29, 1.82) is 0 Å². The summed E-state index contributed by atoms with van der Waals surface area (Å²) in [6.07, 6.45) is 7.47. The molecular weight excluding hydrogens is 411 g/mol. The molecule has 1 aromatic rings. The summed E-state index contributed by atoms with van der Waals surface area (Å²) >= 11 is -1.77. The number of hydrogen-bond donors (Lipinski definition) is 0. The molecule has 1 nitrogen and oxygen atoms in total. The Kier molecular flexibility index (Phi) is 10.4. The van der Waals surface area contributed by atoms with Crippen molar-refractivity contribution in [3.8, 4) is 5.75 Å². The summed E-state index contributed by atoms with van der Waals surface area (Å²) in [5, 5.41) is 0. The van der Waals surface area contributed by atoms with Crippen LogP contribution in [0.5, 0.6) is 5.75 Å². The van der Waals surface area contributed by atoms with Crippen LogP contribution in [0.2, 0.25) is 0 Å². The largest absolute Gasteiger partial charge is 0.134 e. The third-order valence-corrected chi connectivity index (χ3v) is 5.62. The molecule has 0 bridgehead atoms. The Labute approximate surface area is 144 Å². The zero-order valence-electron chi connectivity index (χ0n) is 12.7. The van der Waals surface area contributed by atoms with Crippen LogP contribution < -0.4 is 4.74 Å². The van der Waals surface area contributed by atoms with Crippen LogP contribution in [-0.4, -0.2) is 16.4 Å². The van der Waals surface area contributed by atoms with E-state index in [9.17, 15) is 0 Å². The van der Waals surface area contributed by atoms with Gasteiger partial charge in [-0.25, -0.2) is 0 Å². The molecule has 1 unspecified atom stereocenters.